The number of fused-ring (bicyclic) bond motifs is 1. The van der Waals surface area contributed by atoms with Crippen LogP contribution in [-0.2, 0) is 13.0 Å². The number of hydrogen-bond donors (Lipinski definition) is 1. The summed E-state index contributed by atoms with van der Waals surface area (Å²) in [5, 5.41) is 0. The lowest BCUT2D eigenvalue weighted by atomic mass is 10.1. The molecule has 1 aliphatic rings. The molecule has 0 unspecified atom stereocenters. The molecule has 2 aromatic carbocycles. The lowest BCUT2D eigenvalue weighted by Gasteiger charge is -2.10. The fourth-order valence-corrected chi connectivity index (χ4v) is 2.14. The molecule has 0 amide bonds. The van der Waals surface area contributed by atoms with Gasteiger partial charge in [0.05, 0.1) is 5.69 Å². The van der Waals surface area contributed by atoms with Crippen molar-refractivity contribution in [3.63, 3.8) is 0 Å². The van der Waals surface area contributed by atoms with Crippen molar-refractivity contribution in [2.45, 2.75) is 20.0 Å². The van der Waals surface area contributed by atoms with Gasteiger partial charge in [-0.25, -0.2) is 0 Å². The van der Waals surface area contributed by atoms with Crippen molar-refractivity contribution in [1.29, 1.82) is 0 Å². The zero-order valence-electron chi connectivity index (χ0n) is 11.4. The Bertz CT molecular complexity index is 625. The van der Waals surface area contributed by atoms with Gasteiger partial charge in [-0.1, -0.05) is 19.1 Å². The van der Waals surface area contributed by atoms with Crippen LogP contribution in [0.4, 0.5) is 5.69 Å². The first kappa shape index (κ1) is 12.7. The van der Waals surface area contributed by atoms with Crippen LogP contribution in [0.15, 0.2) is 36.4 Å². The number of nitrogen functional groups attached to an aromatic ring is 1. The van der Waals surface area contributed by atoms with Crippen LogP contribution in [0, 0.1) is 0 Å². The largest absolute Gasteiger partial charge is 0.487 e. The Morgan fingerprint density at radius 2 is 1.85 bits per heavy atom. The third-order valence-corrected chi connectivity index (χ3v) is 3.31. The quantitative estimate of drug-likeness (QED) is 0.868. The zero-order valence-corrected chi connectivity index (χ0v) is 11.4. The molecule has 3 rings (SSSR count). The van der Waals surface area contributed by atoms with E-state index >= 15 is 0 Å². The topological polar surface area (TPSA) is 53.7 Å². The summed E-state index contributed by atoms with van der Waals surface area (Å²) in [6, 6.07) is 11.7. The summed E-state index contributed by atoms with van der Waals surface area (Å²) in [5.41, 5.74) is 8.88. The van der Waals surface area contributed by atoms with E-state index in [9.17, 15) is 0 Å². The van der Waals surface area contributed by atoms with E-state index in [1.165, 1.54) is 5.56 Å². The maximum Gasteiger partial charge on any atom is 0.231 e. The SMILES string of the molecule is CCc1ccc(OCc2ccc3c(c2)OCO3)c(N)c1. The Labute approximate surface area is 118 Å². The van der Waals surface area contributed by atoms with Gasteiger partial charge in [0.1, 0.15) is 12.4 Å². The molecule has 0 atom stereocenters. The van der Waals surface area contributed by atoms with E-state index in [4.69, 9.17) is 19.9 Å². The maximum atomic E-state index is 5.98. The number of nitrogens with two attached hydrogens (primary N) is 1. The molecule has 4 heteroatoms. The Balaban J connectivity index is 1.70. The van der Waals surface area contributed by atoms with Crippen LogP contribution in [0.25, 0.3) is 0 Å². The molecule has 0 saturated carbocycles. The van der Waals surface area contributed by atoms with E-state index in [1.807, 2.05) is 36.4 Å². The molecule has 0 spiro atoms. The summed E-state index contributed by atoms with van der Waals surface area (Å²) in [6.07, 6.45) is 0.965. The van der Waals surface area contributed by atoms with Crippen molar-refractivity contribution in [1.82, 2.24) is 0 Å². The molecule has 0 radical (unpaired) electrons. The monoisotopic (exact) mass is 271 g/mol. The van der Waals surface area contributed by atoms with Gasteiger partial charge in [-0.15, -0.1) is 0 Å². The third kappa shape index (κ3) is 2.50. The Morgan fingerprint density at radius 1 is 1.05 bits per heavy atom. The van der Waals surface area contributed by atoms with E-state index in [-0.39, 0.29) is 6.79 Å². The summed E-state index contributed by atoms with van der Waals surface area (Å²) < 4.78 is 16.4. The van der Waals surface area contributed by atoms with Gasteiger partial charge in [-0.3, -0.25) is 0 Å². The van der Waals surface area contributed by atoms with Gasteiger partial charge in [0.15, 0.2) is 11.5 Å². The second kappa shape index (κ2) is 5.33. The molecule has 2 aromatic rings. The summed E-state index contributed by atoms with van der Waals surface area (Å²) in [5.74, 6) is 2.25. The van der Waals surface area contributed by atoms with Gasteiger partial charge in [0, 0.05) is 0 Å². The highest BCUT2D eigenvalue weighted by Gasteiger charge is 2.13. The molecule has 1 heterocycles. The first-order chi connectivity index (χ1) is 9.76. The molecule has 2 N–H and O–H groups in total. The fourth-order valence-electron chi connectivity index (χ4n) is 2.14. The lowest BCUT2D eigenvalue weighted by Crippen LogP contribution is -1.99. The smallest absolute Gasteiger partial charge is 0.231 e. The van der Waals surface area contributed by atoms with Crippen LogP contribution in [0.3, 0.4) is 0 Å². The van der Waals surface area contributed by atoms with Crippen LogP contribution in [0.2, 0.25) is 0 Å². The van der Waals surface area contributed by atoms with Gasteiger partial charge in [0.2, 0.25) is 6.79 Å². The molecule has 4 nitrogen and oxygen atoms in total. The van der Waals surface area contributed by atoms with Crippen LogP contribution >= 0.6 is 0 Å². The average Bonchev–Trinajstić information content (AvgIpc) is 2.93. The molecule has 0 fully saturated rings. The molecule has 0 aliphatic carbocycles. The van der Waals surface area contributed by atoms with Crippen molar-refractivity contribution < 1.29 is 14.2 Å². The molecule has 104 valence electrons. The van der Waals surface area contributed by atoms with E-state index in [1.54, 1.807) is 0 Å². The van der Waals surface area contributed by atoms with E-state index < -0.39 is 0 Å². The number of benzene rings is 2. The maximum absolute atomic E-state index is 5.98. The number of hydrogen-bond acceptors (Lipinski definition) is 4. The molecular formula is C16H17NO3. The van der Waals surface area contributed by atoms with E-state index in [2.05, 4.69) is 6.92 Å². The van der Waals surface area contributed by atoms with Gasteiger partial charge < -0.3 is 19.9 Å². The van der Waals surface area contributed by atoms with Crippen molar-refractivity contribution in [2.75, 3.05) is 12.5 Å². The third-order valence-electron chi connectivity index (χ3n) is 3.31. The molecule has 20 heavy (non-hydrogen) atoms. The van der Waals surface area contributed by atoms with Crippen molar-refractivity contribution in [3.8, 4) is 17.2 Å². The summed E-state index contributed by atoms with van der Waals surface area (Å²) >= 11 is 0. The van der Waals surface area contributed by atoms with E-state index in [0.717, 1.165) is 23.5 Å². The predicted molar refractivity (Wildman–Crippen MR) is 77.1 cm³/mol. The molecular weight excluding hydrogens is 254 g/mol. The van der Waals surface area contributed by atoms with Crippen molar-refractivity contribution in [2.24, 2.45) is 0 Å². The fraction of sp³-hybridized carbons (Fsp3) is 0.250. The Hall–Kier alpha value is -2.36. The number of aryl methyl sites for hydroxylation is 1. The minimum absolute atomic E-state index is 0.283. The highest BCUT2D eigenvalue weighted by Crippen LogP contribution is 2.33. The number of rotatable bonds is 4. The van der Waals surface area contributed by atoms with Gasteiger partial charge >= 0.3 is 0 Å². The molecule has 0 bridgehead atoms. The second-order valence-corrected chi connectivity index (χ2v) is 4.70. The molecule has 0 saturated heterocycles. The minimum atomic E-state index is 0.283. The molecule has 1 aliphatic heterocycles. The summed E-state index contributed by atoms with van der Waals surface area (Å²) in [4.78, 5) is 0. The predicted octanol–water partition coefficient (Wildman–Crippen LogP) is 3.14. The zero-order chi connectivity index (χ0) is 13.9. The molecule has 0 aromatic heterocycles. The summed E-state index contributed by atoms with van der Waals surface area (Å²) in [7, 11) is 0. The van der Waals surface area contributed by atoms with Gasteiger partial charge in [0.25, 0.3) is 0 Å². The standard InChI is InChI=1S/C16H17NO3/c1-2-11-3-5-14(13(17)7-11)18-9-12-4-6-15-16(8-12)20-10-19-15/h3-8H,2,9-10,17H2,1H3. The Morgan fingerprint density at radius 3 is 2.65 bits per heavy atom. The summed E-state index contributed by atoms with van der Waals surface area (Å²) in [6.45, 7) is 2.83. The highest BCUT2D eigenvalue weighted by molar-refractivity contribution is 5.54. The van der Waals surface area contributed by atoms with Crippen LogP contribution in [0.1, 0.15) is 18.1 Å². The number of ether oxygens (including phenoxy) is 3. The normalized spacial score (nSPS) is 12.4. The second-order valence-electron chi connectivity index (χ2n) is 4.70. The first-order valence-electron chi connectivity index (χ1n) is 6.66. The van der Waals surface area contributed by atoms with Crippen LogP contribution < -0.4 is 19.9 Å². The van der Waals surface area contributed by atoms with Crippen molar-refractivity contribution in [3.05, 3.63) is 47.5 Å². The van der Waals surface area contributed by atoms with Gasteiger partial charge in [-0.05, 0) is 41.8 Å². The minimum Gasteiger partial charge on any atom is -0.487 e. The van der Waals surface area contributed by atoms with Crippen LogP contribution in [0.5, 0.6) is 17.2 Å². The first-order valence-corrected chi connectivity index (χ1v) is 6.66. The number of anilines is 1. The highest BCUT2D eigenvalue weighted by atomic mass is 16.7. The lowest BCUT2D eigenvalue weighted by molar-refractivity contribution is 0.174. The average molecular weight is 271 g/mol. The van der Waals surface area contributed by atoms with Crippen molar-refractivity contribution >= 4 is 5.69 Å². The Kier molecular flexibility index (Phi) is 3.37. The van der Waals surface area contributed by atoms with E-state index in [0.29, 0.717) is 18.0 Å². The van der Waals surface area contributed by atoms with Gasteiger partial charge in [-0.2, -0.15) is 0 Å². The van der Waals surface area contributed by atoms with Crippen LogP contribution in [-0.4, -0.2) is 6.79 Å².